The van der Waals surface area contributed by atoms with E-state index in [1.165, 1.54) is 18.0 Å². The highest BCUT2D eigenvalue weighted by Crippen LogP contribution is 2.16. The molecule has 2 rings (SSSR count). The molecule has 0 saturated carbocycles. The van der Waals surface area contributed by atoms with Gasteiger partial charge < -0.3 is 10.1 Å². The number of hydrogen-bond acceptors (Lipinski definition) is 5. The van der Waals surface area contributed by atoms with Crippen LogP contribution in [-0.2, 0) is 6.42 Å². The highest BCUT2D eigenvalue weighted by atomic mass is 32.1. The predicted molar refractivity (Wildman–Crippen MR) is 55.8 cm³/mol. The molecule has 1 aliphatic heterocycles. The van der Waals surface area contributed by atoms with Gasteiger partial charge in [-0.2, -0.15) is 9.36 Å². The van der Waals surface area contributed by atoms with Crippen LogP contribution in [0.5, 0.6) is 5.19 Å². The molecule has 0 amide bonds. The molecule has 1 unspecified atom stereocenters. The molecule has 2 heterocycles. The molecule has 1 aromatic rings. The summed E-state index contributed by atoms with van der Waals surface area (Å²) in [5.74, 6) is 1.53. The number of aryl methyl sites for hydroxylation is 1. The van der Waals surface area contributed by atoms with Crippen molar-refractivity contribution < 1.29 is 4.74 Å². The minimum Gasteiger partial charge on any atom is -0.469 e. The summed E-state index contributed by atoms with van der Waals surface area (Å²) in [7, 11) is 0. The van der Waals surface area contributed by atoms with Crippen LogP contribution in [-0.4, -0.2) is 29.1 Å². The Kier molecular flexibility index (Phi) is 3.31. The fourth-order valence-electron chi connectivity index (χ4n) is 1.49. The van der Waals surface area contributed by atoms with Crippen molar-refractivity contribution in [3.63, 3.8) is 0 Å². The first kappa shape index (κ1) is 9.86. The van der Waals surface area contributed by atoms with Crippen molar-refractivity contribution in [3.8, 4) is 5.19 Å². The summed E-state index contributed by atoms with van der Waals surface area (Å²) in [5.41, 5.74) is 0. The van der Waals surface area contributed by atoms with E-state index >= 15 is 0 Å². The molecule has 0 spiro atoms. The summed E-state index contributed by atoms with van der Waals surface area (Å²) < 4.78 is 9.75. The molecule has 1 saturated heterocycles. The average Bonchev–Trinajstić information content (AvgIpc) is 2.86. The Morgan fingerprint density at radius 1 is 1.64 bits per heavy atom. The van der Waals surface area contributed by atoms with Gasteiger partial charge in [0, 0.05) is 30.4 Å². The second kappa shape index (κ2) is 4.70. The van der Waals surface area contributed by atoms with Crippen LogP contribution < -0.4 is 10.1 Å². The Balaban J connectivity index is 1.79. The summed E-state index contributed by atoms with van der Waals surface area (Å²) in [6, 6.07) is 0. The van der Waals surface area contributed by atoms with Gasteiger partial charge in [0.1, 0.15) is 5.82 Å². The van der Waals surface area contributed by atoms with Crippen molar-refractivity contribution in [1.29, 1.82) is 0 Å². The van der Waals surface area contributed by atoms with Gasteiger partial charge in [-0.1, -0.05) is 6.92 Å². The molecule has 0 bridgehead atoms. The summed E-state index contributed by atoms with van der Waals surface area (Å²) in [6.07, 6.45) is 2.09. The van der Waals surface area contributed by atoms with Crippen LogP contribution in [0.3, 0.4) is 0 Å². The largest absolute Gasteiger partial charge is 0.469 e. The van der Waals surface area contributed by atoms with E-state index in [1.807, 2.05) is 6.92 Å². The van der Waals surface area contributed by atoms with Crippen molar-refractivity contribution in [2.75, 3.05) is 19.7 Å². The van der Waals surface area contributed by atoms with Crippen LogP contribution in [0, 0.1) is 5.92 Å². The first-order chi connectivity index (χ1) is 6.88. The Hall–Kier alpha value is -0.680. The van der Waals surface area contributed by atoms with Crippen LogP contribution in [0.25, 0.3) is 0 Å². The van der Waals surface area contributed by atoms with Crippen LogP contribution >= 0.6 is 11.5 Å². The van der Waals surface area contributed by atoms with Gasteiger partial charge in [-0.05, 0) is 13.0 Å². The molecule has 0 aliphatic carbocycles. The van der Waals surface area contributed by atoms with Gasteiger partial charge in [0.05, 0.1) is 6.61 Å². The fourth-order valence-corrected chi connectivity index (χ4v) is 2.11. The van der Waals surface area contributed by atoms with E-state index in [4.69, 9.17) is 4.74 Å². The number of aromatic nitrogens is 2. The minimum atomic E-state index is 0.643. The average molecular weight is 213 g/mol. The number of hydrogen-bond donors (Lipinski definition) is 1. The molecule has 5 heteroatoms. The third-order valence-electron chi connectivity index (χ3n) is 2.37. The predicted octanol–water partition coefficient (Wildman–Crippen LogP) is 1.09. The maximum Gasteiger partial charge on any atom is 0.293 e. The normalized spacial score (nSPS) is 21.4. The first-order valence-electron chi connectivity index (χ1n) is 5.04. The lowest BCUT2D eigenvalue weighted by atomic mass is 10.1. The summed E-state index contributed by atoms with van der Waals surface area (Å²) in [4.78, 5) is 4.25. The molecule has 0 radical (unpaired) electrons. The van der Waals surface area contributed by atoms with E-state index in [1.54, 1.807) is 0 Å². The van der Waals surface area contributed by atoms with Gasteiger partial charge in [0.15, 0.2) is 0 Å². The maximum atomic E-state index is 5.58. The molecule has 4 nitrogen and oxygen atoms in total. The Labute approximate surface area is 87.9 Å². The molecule has 14 heavy (non-hydrogen) atoms. The van der Waals surface area contributed by atoms with E-state index < -0.39 is 0 Å². The van der Waals surface area contributed by atoms with Gasteiger partial charge in [-0.25, -0.2) is 0 Å². The highest BCUT2D eigenvalue weighted by molar-refractivity contribution is 7.07. The summed E-state index contributed by atoms with van der Waals surface area (Å²) in [5, 5.41) is 4.03. The number of nitrogens with one attached hydrogen (secondary N) is 1. The Bertz CT molecular complexity index is 283. The third-order valence-corrected chi connectivity index (χ3v) is 3.04. The molecule has 0 aromatic carbocycles. The monoisotopic (exact) mass is 213 g/mol. The Morgan fingerprint density at radius 2 is 2.57 bits per heavy atom. The minimum absolute atomic E-state index is 0.643. The standard InChI is InChI=1S/C9H15N3OS/c1-2-8-11-9(14-12-8)13-6-7-3-4-10-5-7/h7,10H,2-6H2,1H3. The molecule has 1 aliphatic rings. The third kappa shape index (κ3) is 2.42. The highest BCUT2D eigenvalue weighted by Gasteiger charge is 2.15. The number of ether oxygens (including phenoxy) is 1. The summed E-state index contributed by atoms with van der Waals surface area (Å²) in [6.45, 7) is 5.00. The van der Waals surface area contributed by atoms with Gasteiger partial charge in [0.2, 0.25) is 0 Å². The van der Waals surface area contributed by atoms with Crippen molar-refractivity contribution >= 4 is 11.5 Å². The van der Waals surface area contributed by atoms with E-state index in [9.17, 15) is 0 Å². The quantitative estimate of drug-likeness (QED) is 0.813. The zero-order chi connectivity index (χ0) is 9.80. The van der Waals surface area contributed by atoms with Crippen LogP contribution in [0.15, 0.2) is 0 Å². The van der Waals surface area contributed by atoms with E-state index in [-0.39, 0.29) is 0 Å². The lowest BCUT2D eigenvalue weighted by Gasteiger charge is -2.06. The summed E-state index contributed by atoms with van der Waals surface area (Å²) >= 11 is 1.35. The lowest BCUT2D eigenvalue weighted by molar-refractivity contribution is 0.258. The van der Waals surface area contributed by atoms with Gasteiger partial charge in [-0.3, -0.25) is 0 Å². The molecule has 78 valence electrons. The van der Waals surface area contributed by atoms with Crippen molar-refractivity contribution in [1.82, 2.24) is 14.7 Å². The SMILES string of the molecule is CCc1nsc(OCC2CCNC2)n1. The molecule has 1 aromatic heterocycles. The van der Waals surface area contributed by atoms with Crippen LogP contribution in [0.4, 0.5) is 0 Å². The Morgan fingerprint density at radius 3 is 3.21 bits per heavy atom. The lowest BCUT2D eigenvalue weighted by Crippen LogP contribution is -2.15. The van der Waals surface area contributed by atoms with E-state index in [0.717, 1.165) is 31.9 Å². The molecule has 1 atom stereocenters. The second-order valence-electron chi connectivity index (χ2n) is 3.50. The van der Waals surface area contributed by atoms with Crippen molar-refractivity contribution in [2.45, 2.75) is 19.8 Å². The molecular weight excluding hydrogens is 198 g/mol. The van der Waals surface area contributed by atoms with E-state index in [2.05, 4.69) is 14.7 Å². The number of nitrogens with zero attached hydrogens (tertiary/aromatic N) is 2. The van der Waals surface area contributed by atoms with Crippen molar-refractivity contribution in [2.24, 2.45) is 5.92 Å². The fraction of sp³-hybridized carbons (Fsp3) is 0.778. The zero-order valence-electron chi connectivity index (χ0n) is 8.32. The van der Waals surface area contributed by atoms with Gasteiger partial charge in [-0.15, -0.1) is 0 Å². The number of rotatable bonds is 4. The van der Waals surface area contributed by atoms with Gasteiger partial charge in [0.25, 0.3) is 5.19 Å². The van der Waals surface area contributed by atoms with Crippen LogP contribution in [0.2, 0.25) is 0 Å². The second-order valence-corrected chi connectivity index (χ2v) is 4.21. The van der Waals surface area contributed by atoms with Crippen molar-refractivity contribution in [3.05, 3.63) is 5.82 Å². The smallest absolute Gasteiger partial charge is 0.293 e. The zero-order valence-corrected chi connectivity index (χ0v) is 9.14. The molecule has 1 fully saturated rings. The molecular formula is C9H15N3OS. The first-order valence-corrected chi connectivity index (χ1v) is 5.82. The van der Waals surface area contributed by atoms with Gasteiger partial charge >= 0.3 is 0 Å². The topological polar surface area (TPSA) is 47.0 Å². The van der Waals surface area contributed by atoms with Crippen LogP contribution in [0.1, 0.15) is 19.2 Å². The maximum absolute atomic E-state index is 5.58. The van der Waals surface area contributed by atoms with E-state index in [0.29, 0.717) is 11.1 Å². The molecule has 1 N–H and O–H groups in total.